The lowest BCUT2D eigenvalue weighted by Gasteiger charge is -2.16. The van der Waals surface area contributed by atoms with Gasteiger partial charge in [-0.3, -0.25) is 4.79 Å². The Hall–Kier alpha value is -0.570. The topological polar surface area (TPSA) is 20.3 Å². The van der Waals surface area contributed by atoms with E-state index >= 15 is 0 Å². The van der Waals surface area contributed by atoms with Crippen LogP contribution >= 0.6 is 23.2 Å². The lowest BCUT2D eigenvalue weighted by Crippen LogP contribution is -2.20. The third kappa shape index (κ3) is 4.52. The Labute approximate surface area is 106 Å². The molecule has 88 valence electrons. The second-order valence-electron chi connectivity index (χ2n) is 3.93. The molecular weight excluding hydrogens is 245 g/mol. The summed E-state index contributed by atoms with van der Waals surface area (Å²) < 4.78 is 0. The van der Waals surface area contributed by atoms with Gasteiger partial charge >= 0.3 is 0 Å². The molecule has 0 N–H and O–H groups in total. The average molecular weight is 260 g/mol. The molecule has 0 aliphatic rings. The van der Waals surface area contributed by atoms with Gasteiger partial charge in [-0.05, 0) is 31.7 Å². The van der Waals surface area contributed by atoms with Crippen molar-refractivity contribution in [2.24, 2.45) is 0 Å². The normalized spacial score (nSPS) is 10.8. The minimum atomic E-state index is 0.203. The van der Waals surface area contributed by atoms with Crippen LogP contribution in [0.4, 0.5) is 0 Å². The zero-order valence-corrected chi connectivity index (χ0v) is 11.0. The Morgan fingerprint density at radius 1 is 1.38 bits per heavy atom. The maximum atomic E-state index is 10.8. The Balaban J connectivity index is 2.55. The molecular formula is C12H15Cl2NO. The van der Waals surface area contributed by atoms with Crippen molar-refractivity contribution in [3.05, 3.63) is 33.8 Å². The molecule has 0 amide bonds. The predicted octanol–water partition coefficient (Wildman–Crippen LogP) is 3.40. The van der Waals surface area contributed by atoms with E-state index in [1.165, 1.54) is 0 Å². The Morgan fingerprint density at radius 2 is 2.06 bits per heavy atom. The van der Waals surface area contributed by atoms with Crippen molar-refractivity contribution in [3.8, 4) is 0 Å². The molecule has 0 saturated carbocycles. The van der Waals surface area contributed by atoms with Crippen LogP contribution in [0.3, 0.4) is 0 Å². The highest BCUT2D eigenvalue weighted by Gasteiger charge is 2.05. The lowest BCUT2D eigenvalue weighted by atomic mass is 10.2. The number of ketones is 1. The summed E-state index contributed by atoms with van der Waals surface area (Å²) in [7, 11) is 1.97. The van der Waals surface area contributed by atoms with Gasteiger partial charge in [0.1, 0.15) is 5.78 Å². The zero-order valence-electron chi connectivity index (χ0n) is 9.46. The predicted molar refractivity (Wildman–Crippen MR) is 68.1 cm³/mol. The van der Waals surface area contributed by atoms with Crippen molar-refractivity contribution in [1.82, 2.24) is 4.90 Å². The van der Waals surface area contributed by atoms with E-state index in [0.29, 0.717) is 16.5 Å². The molecule has 16 heavy (non-hydrogen) atoms. The molecule has 0 radical (unpaired) electrons. The molecule has 0 fully saturated rings. The molecule has 1 aromatic rings. The number of benzene rings is 1. The highest BCUT2D eigenvalue weighted by molar-refractivity contribution is 6.35. The maximum absolute atomic E-state index is 10.8. The van der Waals surface area contributed by atoms with Gasteiger partial charge in [0.05, 0.1) is 0 Å². The standard InChI is InChI=1S/C12H15Cl2NO/c1-9(16)5-6-15(2)8-10-3-4-11(13)7-12(10)14/h3-4,7H,5-6,8H2,1-2H3. The number of hydrogen-bond donors (Lipinski definition) is 0. The summed E-state index contributed by atoms with van der Waals surface area (Å²) in [5.41, 5.74) is 1.03. The first-order valence-electron chi connectivity index (χ1n) is 5.11. The highest BCUT2D eigenvalue weighted by Crippen LogP contribution is 2.21. The smallest absolute Gasteiger partial charge is 0.131 e. The molecule has 1 rings (SSSR count). The summed E-state index contributed by atoms with van der Waals surface area (Å²) in [5.74, 6) is 0.203. The monoisotopic (exact) mass is 259 g/mol. The maximum Gasteiger partial charge on any atom is 0.131 e. The third-order valence-electron chi connectivity index (χ3n) is 2.30. The van der Waals surface area contributed by atoms with E-state index in [1.807, 2.05) is 19.2 Å². The van der Waals surface area contributed by atoms with Gasteiger partial charge in [0.15, 0.2) is 0 Å². The number of halogens is 2. The number of rotatable bonds is 5. The first-order valence-corrected chi connectivity index (χ1v) is 5.86. The van der Waals surface area contributed by atoms with Gasteiger partial charge < -0.3 is 4.90 Å². The van der Waals surface area contributed by atoms with Crippen LogP contribution in [0.2, 0.25) is 10.0 Å². The van der Waals surface area contributed by atoms with Crippen LogP contribution in [0.5, 0.6) is 0 Å². The van der Waals surface area contributed by atoms with Gasteiger partial charge in [-0.25, -0.2) is 0 Å². The van der Waals surface area contributed by atoms with E-state index < -0.39 is 0 Å². The van der Waals surface area contributed by atoms with Crippen molar-refractivity contribution < 1.29 is 4.79 Å². The fraction of sp³-hybridized carbons (Fsp3) is 0.417. The van der Waals surface area contributed by atoms with Crippen molar-refractivity contribution in [2.45, 2.75) is 19.9 Å². The number of Topliss-reactive ketones (excluding diaryl/α,β-unsaturated/α-hetero) is 1. The SMILES string of the molecule is CC(=O)CCN(C)Cc1ccc(Cl)cc1Cl. The second kappa shape index (κ2) is 6.24. The summed E-state index contributed by atoms with van der Waals surface area (Å²) in [5, 5.41) is 1.31. The molecule has 0 saturated heterocycles. The van der Waals surface area contributed by atoms with Crippen molar-refractivity contribution in [1.29, 1.82) is 0 Å². The molecule has 4 heteroatoms. The third-order valence-corrected chi connectivity index (χ3v) is 2.89. The first kappa shape index (κ1) is 13.5. The molecule has 0 aromatic heterocycles. The summed E-state index contributed by atoms with van der Waals surface area (Å²) in [4.78, 5) is 12.9. The minimum absolute atomic E-state index is 0.203. The van der Waals surface area contributed by atoms with Crippen molar-refractivity contribution in [2.75, 3.05) is 13.6 Å². The Bertz CT molecular complexity index is 379. The van der Waals surface area contributed by atoms with Gasteiger partial charge in [-0.2, -0.15) is 0 Å². The molecule has 0 spiro atoms. The molecule has 0 bridgehead atoms. The van der Waals surface area contributed by atoms with Gasteiger partial charge in [0.2, 0.25) is 0 Å². The molecule has 0 aliphatic heterocycles. The Kier molecular flexibility index (Phi) is 5.26. The molecule has 0 aliphatic carbocycles. The molecule has 0 atom stereocenters. The molecule has 0 heterocycles. The number of carbonyl (C=O) groups excluding carboxylic acids is 1. The molecule has 1 aromatic carbocycles. The van der Waals surface area contributed by atoms with Crippen LogP contribution in [0.1, 0.15) is 18.9 Å². The minimum Gasteiger partial charge on any atom is -0.302 e. The van der Waals surface area contributed by atoms with Gasteiger partial charge in [0, 0.05) is 29.6 Å². The first-order chi connectivity index (χ1) is 7.49. The van der Waals surface area contributed by atoms with Gasteiger partial charge in [0.25, 0.3) is 0 Å². The number of hydrogen-bond acceptors (Lipinski definition) is 2. The lowest BCUT2D eigenvalue weighted by molar-refractivity contribution is -0.117. The van der Waals surface area contributed by atoms with Crippen LogP contribution in [0.25, 0.3) is 0 Å². The van der Waals surface area contributed by atoms with E-state index in [-0.39, 0.29) is 5.78 Å². The highest BCUT2D eigenvalue weighted by atomic mass is 35.5. The van der Waals surface area contributed by atoms with E-state index in [1.54, 1.807) is 13.0 Å². The number of carbonyl (C=O) groups is 1. The van der Waals surface area contributed by atoms with Gasteiger partial charge in [-0.1, -0.05) is 29.3 Å². The zero-order chi connectivity index (χ0) is 12.1. The van der Waals surface area contributed by atoms with Crippen LogP contribution in [0, 0.1) is 0 Å². The van der Waals surface area contributed by atoms with E-state index in [2.05, 4.69) is 4.90 Å². The molecule has 2 nitrogen and oxygen atoms in total. The van der Waals surface area contributed by atoms with E-state index in [4.69, 9.17) is 23.2 Å². The summed E-state index contributed by atoms with van der Waals surface area (Å²) in [6.45, 7) is 3.07. The fourth-order valence-electron chi connectivity index (χ4n) is 1.37. The van der Waals surface area contributed by atoms with E-state index in [9.17, 15) is 4.79 Å². The second-order valence-corrected chi connectivity index (χ2v) is 4.77. The Morgan fingerprint density at radius 3 is 2.62 bits per heavy atom. The fourth-order valence-corrected chi connectivity index (χ4v) is 1.84. The van der Waals surface area contributed by atoms with Crippen LogP contribution in [-0.2, 0) is 11.3 Å². The molecule has 0 unspecified atom stereocenters. The van der Waals surface area contributed by atoms with Crippen LogP contribution in [0.15, 0.2) is 18.2 Å². The van der Waals surface area contributed by atoms with Crippen LogP contribution in [-0.4, -0.2) is 24.3 Å². The average Bonchev–Trinajstić information content (AvgIpc) is 2.19. The summed E-state index contributed by atoms with van der Waals surface area (Å²) >= 11 is 11.9. The van der Waals surface area contributed by atoms with Crippen LogP contribution < -0.4 is 0 Å². The number of nitrogens with zero attached hydrogens (tertiary/aromatic N) is 1. The van der Waals surface area contributed by atoms with Crippen molar-refractivity contribution in [3.63, 3.8) is 0 Å². The largest absolute Gasteiger partial charge is 0.302 e. The van der Waals surface area contributed by atoms with Gasteiger partial charge in [-0.15, -0.1) is 0 Å². The summed E-state index contributed by atoms with van der Waals surface area (Å²) in [6.07, 6.45) is 0.571. The van der Waals surface area contributed by atoms with Crippen molar-refractivity contribution >= 4 is 29.0 Å². The summed E-state index contributed by atoms with van der Waals surface area (Å²) in [6, 6.07) is 5.47. The van der Waals surface area contributed by atoms with E-state index in [0.717, 1.165) is 18.7 Å². The quantitative estimate of drug-likeness (QED) is 0.808.